The van der Waals surface area contributed by atoms with Gasteiger partial charge in [0.2, 0.25) is 0 Å². The average Bonchev–Trinajstić information content (AvgIpc) is 3.17. The van der Waals surface area contributed by atoms with Crippen LogP contribution in [0.2, 0.25) is 0 Å². The summed E-state index contributed by atoms with van der Waals surface area (Å²) in [7, 11) is -0.943. The van der Waals surface area contributed by atoms with Gasteiger partial charge in [0.05, 0.1) is 6.61 Å². The van der Waals surface area contributed by atoms with Crippen LogP contribution in [0.1, 0.15) is 11.2 Å². The first kappa shape index (κ1) is 26.6. The fraction of sp³-hybridized carbons (Fsp3) is 0.118. The maximum absolute atomic E-state index is 6.88. The molecule has 4 nitrogen and oxygen atoms in total. The van der Waals surface area contributed by atoms with Gasteiger partial charge in [-0.2, -0.15) is 0 Å². The summed E-state index contributed by atoms with van der Waals surface area (Å²) in [5, 5.41) is 4.53. The van der Waals surface area contributed by atoms with Gasteiger partial charge in [-0.15, -0.1) is 0 Å². The summed E-state index contributed by atoms with van der Waals surface area (Å²) in [6, 6.07) is 48.1. The van der Waals surface area contributed by atoms with Crippen LogP contribution in [0.25, 0.3) is 21.9 Å². The molecule has 0 saturated heterocycles. The van der Waals surface area contributed by atoms with Crippen molar-refractivity contribution in [2.75, 3.05) is 13.7 Å². The number of hydrogen-bond acceptors (Lipinski definition) is 4. The normalized spacial score (nSPS) is 12.9. The van der Waals surface area contributed by atoms with Crippen LogP contribution in [0.4, 0.5) is 0 Å². The second kappa shape index (κ2) is 12.7. The van der Waals surface area contributed by atoms with Gasteiger partial charge >= 0.3 is 8.24 Å². The highest BCUT2D eigenvalue weighted by atomic mass is 31.1. The summed E-state index contributed by atoms with van der Waals surface area (Å²) < 4.78 is 25.6. The molecule has 0 unspecified atom stereocenters. The van der Waals surface area contributed by atoms with E-state index >= 15 is 0 Å². The van der Waals surface area contributed by atoms with Crippen molar-refractivity contribution < 1.29 is 17.7 Å². The Hall–Kier alpha value is -3.65. The zero-order valence-electron chi connectivity index (χ0n) is 22.2. The molecule has 0 spiro atoms. The predicted molar refractivity (Wildman–Crippen MR) is 167 cm³/mol. The molecule has 6 rings (SSSR count). The summed E-state index contributed by atoms with van der Waals surface area (Å²) in [5.41, 5.74) is 2.66. The SMILES string of the molecule is COC[C@H](Op1oc2ccccc2c2ccccc2o1)[C@@H](c1ccccc1)P(c1ccccc1)c1ccccc1. The van der Waals surface area contributed by atoms with Gasteiger partial charge in [-0.05, 0) is 36.2 Å². The molecule has 0 bridgehead atoms. The van der Waals surface area contributed by atoms with Gasteiger partial charge in [0, 0.05) is 23.5 Å². The summed E-state index contributed by atoms with van der Waals surface area (Å²) in [6.07, 6.45) is -0.345. The molecule has 200 valence electrons. The van der Waals surface area contributed by atoms with E-state index in [-0.39, 0.29) is 11.8 Å². The minimum atomic E-state index is -1.78. The summed E-state index contributed by atoms with van der Waals surface area (Å²) >= 11 is 0. The highest BCUT2D eigenvalue weighted by Crippen LogP contribution is 2.53. The third-order valence-electron chi connectivity index (χ3n) is 6.80. The third-order valence-corrected chi connectivity index (χ3v) is 10.8. The van der Waals surface area contributed by atoms with Crippen molar-refractivity contribution in [3.8, 4) is 0 Å². The van der Waals surface area contributed by atoms with Gasteiger partial charge in [-0.3, -0.25) is 4.52 Å². The lowest BCUT2D eigenvalue weighted by Gasteiger charge is -2.34. The molecule has 0 saturated carbocycles. The molecular weight excluding hydrogens is 534 g/mol. The highest BCUT2D eigenvalue weighted by Gasteiger charge is 2.35. The highest BCUT2D eigenvalue weighted by molar-refractivity contribution is 7.73. The van der Waals surface area contributed by atoms with Crippen LogP contribution in [-0.2, 0) is 4.74 Å². The Kier molecular flexibility index (Phi) is 8.42. The molecule has 6 aromatic rings. The Labute approximate surface area is 236 Å². The van der Waals surface area contributed by atoms with Crippen molar-refractivity contribution in [1.82, 2.24) is 0 Å². The largest absolute Gasteiger partial charge is 0.399 e. The fourth-order valence-corrected chi connectivity index (χ4v) is 9.18. The quantitative estimate of drug-likeness (QED) is 0.165. The van der Waals surface area contributed by atoms with Gasteiger partial charge in [0.1, 0.15) is 17.3 Å². The molecule has 2 atom stereocenters. The van der Waals surface area contributed by atoms with Crippen molar-refractivity contribution >= 4 is 48.7 Å². The molecule has 0 aliphatic rings. The van der Waals surface area contributed by atoms with E-state index < -0.39 is 16.2 Å². The molecule has 0 radical (unpaired) electrons. The summed E-state index contributed by atoms with van der Waals surface area (Å²) in [5.74, 6) is 0. The van der Waals surface area contributed by atoms with E-state index in [1.807, 2.05) is 36.4 Å². The molecule has 1 heterocycles. The second-order valence-corrected chi connectivity index (χ2v) is 12.7. The van der Waals surface area contributed by atoms with Crippen molar-refractivity contribution in [3.05, 3.63) is 145 Å². The van der Waals surface area contributed by atoms with Gasteiger partial charge in [0.25, 0.3) is 0 Å². The van der Waals surface area contributed by atoms with E-state index in [4.69, 9.17) is 17.7 Å². The molecule has 6 heteroatoms. The van der Waals surface area contributed by atoms with E-state index in [2.05, 4.69) is 103 Å². The fourth-order valence-electron chi connectivity index (χ4n) is 5.04. The van der Waals surface area contributed by atoms with E-state index in [0.29, 0.717) is 6.61 Å². The Morgan fingerprint density at radius 2 is 1.05 bits per heavy atom. The van der Waals surface area contributed by atoms with E-state index in [9.17, 15) is 0 Å². The number of rotatable bonds is 9. The Bertz CT molecular complexity index is 1610. The first-order valence-corrected chi connectivity index (χ1v) is 15.8. The lowest BCUT2D eigenvalue weighted by molar-refractivity contribution is 0.102. The van der Waals surface area contributed by atoms with Crippen molar-refractivity contribution in [3.63, 3.8) is 0 Å². The van der Waals surface area contributed by atoms with Crippen LogP contribution in [-0.4, -0.2) is 19.8 Å². The Morgan fingerprint density at radius 3 is 1.55 bits per heavy atom. The zero-order valence-corrected chi connectivity index (χ0v) is 24.0. The van der Waals surface area contributed by atoms with Crippen LogP contribution in [0, 0.1) is 0 Å². The van der Waals surface area contributed by atoms with Crippen LogP contribution in [0.5, 0.6) is 0 Å². The standard InChI is InChI=1S/C34H30O4P2/c1-35-25-33(38-40-36-31-23-13-11-21-29(31)30-22-12-14-24-32(30)37-40)34(26-15-5-2-6-16-26)39(27-17-7-3-8-18-27)28-19-9-4-10-20-28/h2-24,33-34H,25H2,1H3/t33-,34+/m0/s1. The van der Waals surface area contributed by atoms with E-state index in [0.717, 1.165) is 21.9 Å². The number of para-hydroxylation sites is 2. The maximum Gasteiger partial charge on any atom is 0.387 e. The minimum Gasteiger partial charge on any atom is -0.399 e. The maximum atomic E-state index is 6.88. The molecule has 5 aromatic carbocycles. The molecule has 0 amide bonds. The summed E-state index contributed by atoms with van der Waals surface area (Å²) in [4.78, 5) is 0. The molecule has 0 fully saturated rings. The van der Waals surface area contributed by atoms with Gasteiger partial charge in [0.15, 0.2) is 0 Å². The lowest BCUT2D eigenvalue weighted by atomic mass is 10.1. The van der Waals surface area contributed by atoms with Gasteiger partial charge in [-0.25, -0.2) is 0 Å². The van der Waals surface area contributed by atoms with Crippen molar-refractivity contribution in [2.24, 2.45) is 0 Å². The first-order valence-electron chi connectivity index (χ1n) is 13.3. The van der Waals surface area contributed by atoms with Crippen molar-refractivity contribution in [1.29, 1.82) is 0 Å². The van der Waals surface area contributed by atoms with Crippen LogP contribution in [0.15, 0.2) is 148 Å². The molecule has 0 N–H and O–H groups in total. The zero-order chi connectivity index (χ0) is 27.1. The molecule has 1 aromatic heterocycles. The summed E-state index contributed by atoms with van der Waals surface area (Å²) in [6.45, 7) is 0.382. The monoisotopic (exact) mass is 564 g/mol. The van der Waals surface area contributed by atoms with Gasteiger partial charge in [-0.1, -0.05) is 127 Å². The average molecular weight is 565 g/mol. The molecule has 40 heavy (non-hydrogen) atoms. The number of fused-ring (bicyclic) bond motifs is 3. The van der Waals surface area contributed by atoms with E-state index in [1.165, 1.54) is 16.2 Å². The number of methoxy groups -OCH3 is 1. The molecular formula is C34H30O4P2. The van der Waals surface area contributed by atoms with Crippen LogP contribution >= 0.6 is 16.2 Å². The first-order chi connectivity index (χ1) is 19.8. The Balaban J connectivity index is 1.53. The van der Waals surface area contributed by atoms with Crippen LogP contribution in [0.3, 0.4) is 0 Å². The van der Waals surface area contributed by atoms with Crippen LogP contribution < -0.4 is 15.1 Å². The number of ether oxygens (including phenoxy) is 1. The molecule has 0 aliphatic carbocycles. The van der Waals surface area contributed by atoms with Crippen molar-refractivity contribution in [2.45, 2.75) is 11.8 Å². The minimum absolute atomic E-state index is 0.0237. The topological polar surface area (TPSA) is 44.7 Å². The predicted octanol–water partition coefficient (Wildman–Crippen LogP) is 8.61. The lowest BCUT2D eigenvalue weighted by Crippen LogP contribution is -2.32. The number of hydrogen-bond donors (Lipinski definition) is 0. The van der Waals surface area contributed by atoms with Gasteiger partial charge < -0.3 is 13.1 Å². The van der Waals surface area contributed by atoms with E-state index in [1.54, 1.807) is 7.11 Å². The number of benzene rings is 5. The Morgan fingerprint density at radius 1 is 0.600 bits per heavy atom. The second-order valence-electron chi connectivity index (χ2n) is 9.39. The molecule has 0 aliphatic heterocycles. The smallest absolute Gasteiger partial charge is 0.387 e. The third kappa shape index (κ3) is 5.77.